The van der Waals surface area contributed by atoms with Gasteiger partial charge in [-0.05, 0) is 37.3 Å². The molecule has 4 aromatic rings. The van der Waals surface area contributed by atoms with E-state index in [9.17, 15) is 13.6 Å². The summed E-state index contributed by atoms with van der Waals surface area (Å²) in [6.07, 6.45) is 0. The molecule has 0 bridgehead atoms. The first kappa shape index (κ1) is 16.4. The fraction of sp³-hybridized carbons (Fsp3) is 0.0526. The molecular weight excluding hydrogens is 356 g/mol. The van der Waals surface area contributed by atoms with Gasteiger partial charge in [0.15, 0.2) is 0 Å². The summed E-state index contributed by atoms with van der Waals surface area (Å²) in [7, 11) is 0. The standard InChI is InChI=1S/C19H13F2N3OS/c1-11-14-10-17(18(25)22-16-9-12(20)7-8-15(16)21)26-19(14)24(23-11)13-5-3-2-4-6-13/h2-10H,1H3,(H,22,25). The average Bonchev–Trinajstić information content (AvgIpc) is 3.20. The summed E-state index contributed by atoms with van der Waals surface area (Å²) >= 11 is 1.25. The van der Waals surface area contributed by atoms with E-state index in [0.717, 1.165) is 39.8 Å². The highest BCUT2D eigenvalue weighted by atomic mass is 32.1. The number of amides is 1. The topological polar surface area (TPSA) is 46.9 Å². The predicted molar refractivity (Wildman–Crippen MR) is 98.0 cm³/mol. The number of anilines is 1. The first-order valence-corrected chi connectivity index (χ1v) is 8.65. The lowest BCUT2D eigenvalue weighted by atomic mass is 10.2. The molecule has 0 aliphatic rings. The SMILES string of the molecule is Cc1nn(-c2ccccc2)c2sc(C(=O)Nc3cc(F)ccc3F)cc12. The first-order chi connectivity index (χ1) is 12.5. The summed E-state index contributed by atoms with van der Waals surface area (Å²) in [5.41, 5.74) is 1.49. The lowest BCUT2D eigenvalue weighted by Gasteiger charge is -2.05. The van der Waals surface area contributed by atoms with Crippen molar-refractivity contribution in [1.29, 1.82) is 0 Å². The molecule has 7 heteroatoms. The Morgan fingerprint density at radius 3 is 2.65 bits per heavy atom. The zero-order valence-electron chi connectivity index (χ0n) is 13.7. The van der Waals surface area contributed by atoms with Gasteiger partial charge in [0.25, 0.3) is 5.91 Å². The highest BCUT2D eigenvalue weighted by molar-refractivity contribution is 7.20. The third-order valence-electron chi connectivity index (χ3n) is 3.95. The maximum absolute atomic E-state index is 13.7. The molecule has 0 radical (unpaired) electrons. The number of aryl methyl sites for hydroxylation is 1. The highest BCUT2D eigenvalue weighted by Gasteiger charge is 2.18. The lowest BCUT2D eigenvalue weighted by molar-refractivity contribution is 0.103. The Hall–Kier alpha value is -3.06. The van der Waals surface area contributed by atoms with E-state index in [2.05, 4.69) is 10.4 Å². The number of nitrogens with one attached hydrogen (secondary N) is 1. The summed E-state index contributed by atoms with van der Waals surface area (Å²) in [5.74, 6) is -1.80. The Kier molecular flexibility index (Phi) is 4.00. The minimum atomic E-state index is -0.687. The number of carbonyl (C=O) groups excluding carboxylic acids is 1. The van der Waals surface area contributed by atoms with Crippen LogP contribution in [0.3, 0.4) is 0 Å². The smallest absolute Gasteiger partial charge is 0.265 e. The highest BCUT2D eigenvalue weighted by Crippen LogP contribution is 2.31. The van der Waals surface area contributed by atoms with Crippen molar-refractivity contribution in [3.05, 3.63) is 76.8 Å². The summed E-state index contributed by atoms with van der Waals surface area (Å²) in [5, 5.41) is 7.79. The van der Waals surface area contributed by atoms with E-state index in [-0.39, 0.29) is 5.69 Å². The van der Waals surface area contributed by atoms with Crippen molar-refractivity contribution in [1.82, 2.24) is 9.78 Å². The van der Waals surface area contributed by atoms with Crippen LogP contribution in [-0.4, -0.2) is 15.7 Å². The molecule has 0 aliphatic heterocycles. The number of nitrogens with zero attached hydrogens (tertiary/aromatic N) is 2. The van der Waals surface area contributed by atoms with Gasteiger partial charge in [-0.3, -0.25) is 4.79 Å². The van der Waals surface area contributed by atoms with Crippen LogP contribution >= 0.6 is 11.3 Å². The zero-order valence-corrected chi connectivity index (χ0v) is 14.5. The number of benzene rings is 2. The number of hydrogen-bond acceptors (Lipinski definition) is 3. The number of aromatic nitrogens is 2. The molecule has 1 amide bonds. The fourth-order valence-electron chi connectivity index (χ4n) is 2.68. The monoisotopic (exact) mass is 369 g/mol. The average molecular weight is 369 g/mol. The Morgan fingerprint density at radius 1 is 1.12 bits per heavy atom. The Labute approximate surface area is 151 Å². The second kappa shape index (κ2) is 6.34. The van der Waals surface area contributed by atoms with Gasteiger partial charge in [-0.1, -0.05) is 18.2 Å². The molecule has 0 saturated heterocycles. The molecular formula is C19H13F2N3OS. The Balaban J connectivity index is 1.71. The number of fused-ring (bicyclic) bond motifs is 1. The molecule has 2 aromatic carbocycles. The predicted octanol–water partition coefficient (Wildman–Crippen LogP) is 4.93. The normalized spacial score (nSPS) is 11.0. The van der Waals surface area contributed by atoms with E-state index in [0.29, 0.717) is 4.88 Å². The lowest BCUT2D eigenvalue weighted by Crippen LogP contribution is -2.11. The van der Waals surface area contributed by atoms with Crippen molar-refractivity contribution in [3.8, 4) is 5.69 Å². The number of rotatable bonds is 3. The van der Waals surface area contributed by atoms with Crippen LogP contribution in [0.1, 0.15) is 15.4 Å². The summed E-state index contributed by atoms with van der Waals surface area (Å²) in [4.78, 5) is 13.7. The third-order valence-corrected chi connectivity index (χ3v) is 5.06. The van der Waals surface area contributed by atoms with Gasteiger partial charge in [0.2, 0.25) is 0 Å². The number of halogens is 2. The van der Waals surface area contributed by atoms with Crippen LogP contribution in [0, 0.1) is 18.6 Å². The second-order valence-corrected chi connectivity index (χ2v) is 6.77. The Morgan fingerprint density at radius 2 is 1.88 bits per heavy atom. The van der Waals surface area contributed by atoms with Crippen molar-refractivity contribution in [2.75, 3.05) is 5.32 Å². The first-order valence-electron chi connectivity index (χ1n) is 7.84. The number of carbonyl (C=O) groups is 1. The molecule has 4 rings (SSSR count). The van der Waals surface area contributed by atoms with E-state index in [4.69, 9.17) is 0 Å². The van der Waals surface area contributed by atoms with Gasteiger partial charge < -0.3 is 5.32 Å². The largest absolute Gasteiger partial charge is 0.319 e. The van der Waals surface area contributed by atoms with Crippen LogP contribution in [0.15, 0.2) is 54.6 Å². The van der Waals surface area contributed by atoms with Crippen molar-refractivity contribution in [2.24, 2.45) is 0 Å². The van der Waals surface area contributed by atoms with Crippen LogP contribution < -0.4 is 5.32 Å². The third kappa shape index (κ3) is 2.86. The summed E-state index contributed by atoms with van der Waals surface area (Å²) < 4.78 is 28.8. The Bertz CT molecular complexity index is 1120. The second-order valence-electron chi connectivity index (χ2n) is 5.74. The van der Waals surface area contributed by atoms with Crippen LogP contribution in [0.2, 0.25) is 0 Å². The quantitative estimate of drug-likeness (QED) is 0.557. The molecule has 4 nitrogen and oxygen atoms in total. The molecule has 26 heavy (non-hydrogen) atoms. The molecule has 0 fully saturated rings. The van der Waals surface area contributed by atoms with Gasteiger partial charge in [-0.2, -0.15) is 5.10 Å². The van der Waals surface area contributed by atoms with Gasteiger partial charge in [0, 0.05) is 11.5 Å². The molecule has 0 aliphatic carbocycles. The maximum atomic E-state index is 13.7. The van der Waals surface area contributed by atoms with Crippen molar-refractivity contribution < 1.29 is 13.6 Å². The van der Waals surface area contributed by atoms with Crippen LogP contribution in [0.4, 0.5) is 14.5 Å². The van der Waals surface area contributed by atoms with Gasteiger partial charge in [-0.25, -0.2) is 13.5 Å². The molecule has 2 heterocycles. The molecule has 0 spiro atoms. The van der Waals surface area contributed by atoms with Gasteiger partial charge >= 0.3 is 0 Å². The van der Waals surface area contributed by atoms with Gasteiger partial charge in [0.1, 0.15) is 16.5 Å². The molecule has 0 atom stereocenters. The molecule has 1 N–H and O–H groups in total. The fourth-order valence-corrected chi connectivity index (χ4v) is 3.76. The number of thiophene rings is 1. The number of hydrogen-bond donors (Lipinski definition) is 1. The van der Waals surface area contributed by atoms with Crippen molar-refractivity contribution in [2.45, 2.75) is 6.92 Å². The van der Waals surface area contributed by atoms with E-state index < -0.39 is 17.5 Å². The van der Waals surface area contributed by atoms with E-state index in [1.54, 1.807) is 10.7 Å². The van der Waals surface area contributed by atoms with E-state index in [1.807, 2.05) is 37.3 Å². The van der Waals surface area contributed by atoms with Crippen LogP contribution in [-0.2, 0) is 0 Å². The minimum Gasteiger partial charge on any atom is -0.319 e. The van der Waals surface area contributed by atoms with Crippen molar-refractivity contribution >= 4 is 33.1 Å². The van der Waals surface area contributed by atoms with Crippen LogP contribution in [0.5, 0.6) is 0 Å². The van der Waals surface area contributed by atoms with Gasteiger partial charge in [0.05, 0.1) is 21.9 Å². The number of para-hydroxylation sites is 1. The molecule has 130 valence electrons. The summed E-state index contributed by atoms with van der Waals surface area (Å²) in [6.45, 7) is 1.86. The molecule has 2 aromatic heterocycles. The van der Waals surface area contributed by atoms with E-state index in [1.165, 1.54) is 11.3 Å². The summed E-state index contributed by atoms with van der Waals surface area (Å²) in [6, 6.07) is 14.2. The minimum absolute atomic E-state index is 0.186. The zero-order chi connectivity index (χ0) is 18.3. The van der Waals surface area contributed by atoms with Crippen molar-refractivity contribution in [3.63, 3.8) is 0 Å². The molecule has 0 saturated carbocycles. The molecule has 0 unspecified atom stereocenters. The van der Waals surface area contributed by atoms with Gasteiger partial charge in [-0.15, -0.1) is 11.3 Å². The van der Waals surface area contributed by atoms with Crippen LogP contribution in [0.25, 0.3) is 15.9 Å². The van der Waals surface area contributed by atoms with E-state index >= 15 is 0 Å². The maximum Gasteiger partial charge on any atom is 0.265 e.